The van der Waals surface area contributed by atoms with Gasteiger partial charge in [-0.3, -0.25) is 0 Å². The van der Waals surface area contributed by atoms with Gasteiger partial charge in [-0.2, -0.15) is 0 Å². The average Bonchev–Trinajstić information content (AvgIpc) is 2.82. The Labute approximate surface area is 113 Å². The Hall–Kier alpha value is -1.12. The lowest BCUT2D eigenvalue weighted by molar-refractivity contribution is 0.182. The molecule has 0 saturated heterocycles. The molecular weight excluding hydrogens is 240 g/mol. The number of hydrogen-bond acceptors (Lipinski definition) is 2. The van der Waals surface area contributed by atoms with Gasteiger partial charge in [-0.25, -0.2) is 0 Å². The van der Waals surface area contributed by atoms with Gasteiger partial charge in [0.2, 0.25) is 0 Å². The van der Waals surface area contributed by atoms with Crippen molar-refractivity contribution in [2.45, 2.75) is 38.7 Å². The first-order valence-corrected chi connectivity index (χ1v) is 7.15. The standard InChI is InChI=1S/C16H20OS/c1-16(2,3)13-8-6-12(7-9-13)11-14(17)15-5-4-10-18-15/h4-10,14,17H,11H2,1-3H3. The molecule has 1 N–H and O–H groups in total. The number of thiophene rings is 1. The van der Waals surface area contributed by atoms with Gasteiger partial charge in [0, 0.05) is 11.3 Å². The van der Waals surface area contributed by atoms with Crippen LogP contribution >= 0.6 is 11.3 Å². The summed E-state index contributed by atoms with van der Waals surface area (Å²) in [5.74, 6) is 0. The topological polar surface area (TPSA) is 20.2 Å². The normalized spacial score (nSPS) is 13.6. The Morgan fingerprint density at radius 3 is 2.28 bits per heavy atom. The smallest absolute Gasteiger partial charge is 0.0922 e. The average molecular weight is 260 g/mol. The van der Waals surface area contributed by atoms with Gasteiger partial charge < -0.3 is 5.11 Å². The molecule has 1 heterocycles. The Kier molecular flexibility index (Phi) is 3.88. The van der Waals surface area contributed by atoms with Crippen molar-refractivity contribution in [2.75, 3.05) is 0 Å². The maximum absolute atomic E-state index is 10.1. The van der Waals surface area contributed by atoms with E-state index in [0.29, 0.717) is 6.42 Å². The predicted molar refractivity (Wildman–Crippen MR) is 78.1 cm³/mol. The van der Waals surface area contributed by atoms with Gasteiger partial charge in [0.05, 0.1) is 6.10 Å². The number of benzene rings is 1. The van der Waals surface area contributed by atoms with Crippen molar-refractivity contribution in [3.8, 4) is 0 Å². The monoisotopic (exact) mass is 260 g/mol. The van der Waals surface area contributed by atoms with Gasteiger partial charge in [-0.1, -0.05) is 51.1 Å². The van der Waals surface area contributed by atoms with Crippen LogP contribution in [0.2, 0.25) is 0 Å². The second kappa shape index (κ2) is 5.25. The van der Waals surface area contributed by atoms with Gasteiger partial charge in [-0.15, -0.1) is 11.3 Å². The van der Waals surface area contributed by atoms with Gasteiger partial charge in [0.1, 0.15) is 0 Å². The third-order valence-corrected chi connectivity index (χ3v) is 4.09. The third-order valence-electron chi connectivity index (χ3n) is 3.12. The van der Waals surface area contributed by atoms with E-state index < -0.39 is 0 Å². The van der Waals surface area contributed by atoms with Crippen molar-refractivity contribution in [3.05, 3.63) is 57.8 Å². The molecule has 1 nitrogen and oxygen atoms in total. The summed E-state index contributed by atoms with van der Waals surface area (Å²) in [6.45, 7) is 6.63. The van der Waals surface area contributed by atoms with Gasteiger partial charge in [0.25, 0.3) is 0 Å². The molecule has 18 heavy (non-hydrogen) atoms. The lowest BCUT2D eigenvalue weighted by atomic mass is 9.86. The fourth-order valence-corrected chi connectivity index (χ4v) is 2.66. The minimum atomic E-state index is -0.384. The first kappa shape index (κ1) is 13.3. The first-order chi connectivity index (χ1) is 8.47. The van der Waals surface area contributed by atoms with Crippen molar-refractivity contribution in [1.82, 2.24) is 0 Å². The highest BCUT2D eigenvalue weighted by molar-refractivity contribution is 7.10. The van der Waals surface area contributed by atoms with Crippen LogP contribution in [0.5, 0.6) is 0 Å². The molecule has 1 atom stereocenters. The molecule has 0 saturated carbocycles. The molecule has 0 aliphatic rings. The molecule has 0 radical (unpaired) electrons. The van der Waals surface area contributed by atoms with Crippen LogP contribution in [0.3, 0.4) is 0 Å². The Morgan fingerprint density at radius 1 is 1.11 bits per heavy atom. The molecular formula is C16H20OS. The summed E-state index contributed by atoms with van der Waals surface area (Å²) in [4.78, 5) is 1.04. The summed E-state index contributed by atoms with van der Waals surface area (Å²) in [6.07, 6.45) is 0.302. The highest BCUT2D eigenvalue weighted by Gasteiger charge is 2.14. The highest BCUT2D eigenvalue weighted by atomic mass is 32.1. The summed E-state index contributed by atoms with van der Waals surface area (Å²) in [5.41, 5.74) is 2.70. The summed E-state index contributed by atoms with van der Waals surface area (Å²) in [7, 11) is 0. The van der Waals surface area contributed by atoms with E-state index in [1.54, 1.807) is 11.3 Å². The third kappa shape index (κ3) is 3.21. The van der Waals surface area contributed by atoms with E-state index in [9.17, 15) is 5.11 Å². The van der Waals surface area contributed by atoms with Crippen LogP contribution in [0.25, 0.3) is 0 Å². The lowest BCUT2D eigenvalue weighted by Gasteiger charge is -2.19. The zero-order valence-corrected chi connectivity index (χ0v) is 12.0. The van der Waals surface area contributed by atoms with E-state index in [2.05, 4.69) is 45.0 Å². The van der Waals surface area contributed by atoms with E-state index in [4.69, 9.17) is 0 Å². The summed E-state index contributed by atoms with van der Waals surface area (Å²) < 4.78 is 0. The number of aliphatic hydroxyl groups excluding tert-OH is 1. The minimum Gasteiger partial charge on any atom is -0.387 e. The predicted octanol–water partition coefficient (Wildman–Crippen LogP) is 4.32. The largest absolute Gasteiger partial charge is 0.387 e. The summed E-state index contributed by atoms with van der Waals surface area (Å²) in [5, 5.41) is 12.1. The van der Waals surface area contributed by atoms with Crippen LogP contribution in [0.15, 0.2) is 41.8 Å². The Morgan fingerprint density at radius 2 is 1.78 bits per heavy atom. The molecule has 0 fully saturated rings. The van der Waals surface area contributed by atoms with Crippen LogP contribution in [0.1, 0.15) is 42.9 Å². The Balaban J connectivity index is 2.07. The second-order valence-electron chi connectivity index (χ2n) is 5.68. The zero-order valence-electron chi connectivity index (χ0n) is 11.2. The molecule has 2 rings (SSSR count). The fourth-order valence-electron chi connectivity index (χ4n) is 1.95. The van der Waals surface area contributed by atoms with E-state index >= 15 is 0 Å². The van der Waals surface area contributed by atoms with Crippen LogP contribution < -0.4 is 0 Å². The fraction of sp³-hybridized carbons (Fsp3) is 0.375. The molecule has 0 amide bonds. The van der Waals surface area contributed by atoms with Crippen LogP contribution in [-0.2, 0) is 11.8 Å². The molecule has 0 bridgehead atoms. The van der Waals surface area contributed by atoms with E-state index in [0.717, 1.165) is 4.88 Å². The number of rotatable bonds is 3. The lowest BCUT2D eigenvalue weighted by Crippen LogP contribution is -2.11. The molecule has 1 unspecified atom stereocenters. The minimum absolute atomic E-state index is 0.185. The van der Waals surface area contributed by atoms with E-state index in [1.807, 2.05) is 17.5 Å². The Bertz CT molecular complexity index is 477. The summed E-state index contributed by atoms with van der Waals surface area (Å²) >= 11 is 1.61. The van der Waals surface area contributed by atoms with Gasteiger partial charge in [-0.05, 0) is 28.0 Å². The van der Waals surface area contributed by atoms with Crippen LogP contribution in [0.4, 0.5) is 0 Å². The van der Waals surface area contributed by atoms with Crippen LogP contribution in [0, 0.1) is 0 Å². The molecule has 1 aromatic heterocycles. The molecule has 1 aromatic carbocycles. The number of aliphatic hydroxyl groups is 1. The molecule has 2 heteroatoms. The molecule has 96 valence electrons. The zero-order chi connectivity index (χ0) is 13.2. The maximum Gasteiger partial charge on any atom is 0.0922 e. The van der Waals surface area contributed by atoms with Crippen molar-refractivity contribution in [1.29, 1.82) is 0 Å². The highest BCUT2D eigenvalue weighted by Crippen LogP contribution is 2.25. The second-order valence-corrected chi connectivity index (χ2v) is 6.66. The van der Waals surface area contributed by atoms with E-state index in [1.165, 1.54) is 11.1 Å². The van der Waals surface area contributed by atoms with Crippen molar-refractivity contribution in [2.24, 2.45) is 0 Å². The molecule has 0 aliphatic heterocycles. The molecule has 2 aromatic rings. The van der Waals surface area contributed by atoms with Gasteiger partial charge in [0.15, 0.2) is 0 Å². The first-order valence-electron chi connectivity index (χ1n) is 6.28. The van der Waals surface area contributed by atoms with Crippen molar-refractivity contribution < 1.29 is 5.11 Å². The van der Waals surface area contributed by atoms with Crippen molar-refractivity contribution >= 4 is 11.3 Å². The quantitative estimate of drug-likeness (QED) is 0.871. The van der Waals surface area contributed by atoms with Crippen LogP contribution in [-0.4, -0.2) is 5.11 Å². The summed E-state index contributed by atoms with van der Waals surface area (Å²) in [6, 6.07) is 12.5. The van der Waals surface area contributed by atoms with E-state index in [-0.39, 0.29) is 11.5 Å². The van der Waals surface area contributed by atoms with Gasteiger partial charge >= 0.3 is 0 Å². The van der Waals surface area contributed by atoms with Crippen molar-refractivity contribution in [3.63, 3.8) is 0 Å². The maximum atomic E-state index is 10.1. The molecule has 0 aliphatic carbocycles. The number of hydrogen-bond donors (Lipinski definition) is 1. The SMILES string of the molecule is CC(C)(C)c1ccc(CC(O)c2cccs2)cc1. The molecule has 0 spiro atoms.